The number of nitrogens with zero attached hydrogens (tertiary/aromatic N) is 6. The van der Waals surface area contributed by atoms with Crippen LogP contribution in [0, 0.1) is 0 Å². The number of ether oxygens (including phenoxy) is 6. The summed E-state index contributed by atoms with van der Waals surface area (Å²) < 4.78 is 66.8. The van der Waals surface area contributed by atoms with Gasteiger partial charge in [-0.2, -0.15) is 9.58 Å². The van der Waals surface area contributed by atoms with Gasteiger partial charge in [-0.25, -0.2) is 8.42 Å². The van der Waals surface area contributed by atoms with E-state index in [0.29, 0.717) is 64.3 Å². The average molecular weight is 813 g/mol. The predicted molar refractivity (Wildman–Crippen MR) is 179 cm³/mol. The fourth-order valence-corrected chi connectivity index (χ4v) is 5.02. The molecular weight excluding hydrogens is 761 g/mol. The maximum Gasteiger partial charge on any atom is 2.00 e. The standard InChI is InChI=1S/C18H29N3O3.C14H21N3O3.ClH.H2O4S.Zn/c1-3-5-9-23-17-14-16(21-7-11-22-12-8-21)18(13-15(17)20-19)24-10-6-4-2;1-3-19-13-10-12(17-5-7-18-8-6-17)14(20-4-2)9-11(13)16-15;;1-5(2,3)4;/h13-14,17H,3-12H2,1-2H3;9-10,13H,3-8H2,1-2H3;1H;(H2,1,2,3,4);/q;;;;+2/p-2. The van der Waals surface area contributed by atoms with Gasteiger partial charge in [0.05, 0.1) is 63.2 Å². The van der Waals surface area contributed by atoms with Crippen LogP contribution in [0.25, 0.3) is 11.1 Å². The van der Waals surface area contributed by atoms with Crippen molar-refractivity contribution in [1.82, 2.24) is 9.80 Å². The van der Waals surface area contributed by atoms with Crippen molar-refractivity contribution in [2.24, 2.45) is 0 Å². The van der Waals surface area contributed by atoms with Crippen LogP contribution in [-0.2, 0) is 58.3 Å². The molecule has 0 aromatic carbocycles. The second kappa shape index (κ2) is 27.2. The zero-order valence-electron chi connectivity index (χ0n) is 30.1. The van der Waals surface area contributed by atoms with E-state index in [1.54, 1.807) is 12.2 Å². The Labute approximate surface area is 320 Å². The van der Waals surface area contributed by atoms with Crippen molar-refractivity contribution in [3.63, 3.8) is 0 Å². The monoisotopic (exact) mass is 810 g/mol. The molecule has 2 heterocycles. The molecule has 2 saturated heterocycles. The van der Waals surface area contributed by atoms with Crippen LogP contribution in [0.5, 0.6) is 0 Å². The van der Waals surface area contributed by atoms with Crippen LogP contribution in [0.15, 0.2) is 47.2 Å². The maximum atomic E-state index is 9.35. The van der Waals surface area contributed by atoms with Gasteiger partial charge in [0.15, 0.2) is 12.2 Å². The van der Waals surface area contributed by atoms with Gasteiger partial charge in [-0.15, -0.1) is 0 Å². The molecule has 19 heteroatoms. The summed E-state index contributed by atoms with van der Waals surface area (Å²) in [5.41, 5.74) is 21.4. The first-order valence-electron chi connectivity index (χ1n) is 16.7. The Morgan fingerprint density at radius 2 is 1.20 bits per heavy atom. The van der Waals surface area contributed by atoms with E-state index in [1.807, 2.05) is 26.0 Å². The van der Waals surface area contributed by atoms with Gasteiger partial charge in [0.25, 0.3) is 0 Å². The van der Waals surface area contributed by atoms with E-state index < -0.39 is 10.4 Å². The van der Waals surface area contributed by atoms with Crippen molar-refractivity contribution in [3.05, 3.63) is 58.3 Å². The summed E-state index contributed by atoms with van der Waals surface area (Å²) in [6.07, 6.45) is 11.0. The van der Waals surface area contributed by atoms with Crippen LogP contribution in [0.4, 0.5) is 0 Å². The smallest absolute Gasteiger partial charge is 1.00 e. The maximum absolute atomic E-state index is 9.35. The van der Waals surface area contributed by atoms with Crippen LogP contribution in [0.3, 0.4) is 0 Å². The quantitative estimate of drug-likeness (QED) is 0.0613. The van der Waals surface area contributed by atoms with Crippen molar-refractivity contribution in [2.45, 2.75) is 65.6 Å². The molecular formula is C32H51ClN6O10SZn. The summed E-state index contributed by atoms with van der Waals surface area (Å²) in [5, 5.41) is 0. The van der Waals surface area contributed by atoms with Crippen molar-refractivity contribution in [2.75, 3.05) is 79.0 Å². The Hall–Kier alpha value is -2.46. The summed E-state index contributed by atoms with van der Waals surface area (Å²) in [6, 6.07) is 0. The van der Waals surface area contributed by atoms with Gasteiger partial charge < -0.3 is 66.2 Å². The van der Waals surface area contributed by atoms with E-state index >= 15 is 0 Å². The Morgan fingerprint density at radius 1 is 0.784 bits per heavy atom. The molecule has 0 radical (unpaired) electrons. The molecule has 0 saturated carbocycles. The molecule has 4 rings (SSSR count). The van der Waals surface area contributed by atoms with Gasteiger partial charge in [0.2, 0.25) is 10.4 Å². The zero-order valence-corrected chi connectivity index (χ0v) is 34.6. The number of rotatable bonds is 14. The van der Waals surface area contributed by atoms with Crippen LogP contribution >= 0.6 is 0 Å². The normalized spacial score (nSPS) is 20.1. The Bertz CT molecular complexity index is 1360. The molecule has 1 N–H and O–H groups in total. The molecule has 0 spiro atoms. The molecule has 2 aliphatic heterocycles. The number of hydrogen-bond donors (Lipinski definition) is 1. The molecule has 0 bridgehead atoms. The van der Waals surface area contributed by atoms with Gasteiger partial charge in [-0.1, -0.05) is 26.7 Å². The third-order valence-corrected chi connectivity index (χ3v) is 7.40. The summed E-state index contributed by atoms with van der Waals surface area (Å²) in [5.74, 6) is 1.48. The molecule has 16 nitrogen and oxygen atoms in total. The van der Waals surface area contributed by atoms with Crippen molar-refractivity contribution in [3.8, 4) is 0 Å². The Kier molecular flexibility index (Phi) is 25.9. The average Bonchev–Trinajstić information content (AvgIpc) is 3.09. The molecule has 4 aliphatic rings. The minimum absolute atomic E-state index is 0. The predicted octanol–water partition coefficient (Wildman–Crippen LogP) is -0.00870. The van der Waals surface area contributed by atoms with E-state index in [4.69, 9.17) is 51.5 Å². The minimum atomic E-state index is -4.92. The summed E-state index contributed by atoms with van der Waals surface area (Å²) in [4.78, 5) is 11.2. The molecule has 2 aliphatic carbocycles. The molecule has 284 valence electrons. The van der Waals surface area contributed by atoms with Gasteiger partial charge >= 0.3 is 30.9 Å². The number of morpholine rings is 2. The molecule has 0 amide bonds. The number of halogens is 1. The van der Waals surface area contributed by atoms with Crippen molar-refractivity contribution in [1.29, 1.82) is 0 Å². The summed E-state index contributed by atoms with van der Waals surface area (Å²) in [6.45, 7) is 16.6. The molecule has 2 unspecified atom stereocenters. The van der Waals surface area contributed by atoms with Gasteiger partial charge in [0.1, 0.15) is 11.5 Å². The third kappa shape index (κ3) is 18.2. The number of unbranched alkanes of at least 4 members (excludes halogenated alkanes) is 2. The van der Waals surface area contributed by atoms with E-state index in [-0.39, 0.29) is 44.1 Å². The van der Waals surface area contributed by atoms with Crippen LogP contribution in [0.1, 0.15) is 53.4 Å². The van der Waals surface area contributed by atoms with Crippen LogP contribution < -0.4 is 12.4 Å². The van der Waals surface area contributed by atoms with Crippen LogP contribution in [-0.4, -0.2) is 140 Å². The van der Waals surface area contributed by atoms with E-state index in [9.17, 15) is 5.53 Å². The second-order valence-electron chi connectivity index (χ2n) is 11.0. The van der Waals surface area contributed by atoms with Crippen molar-refractivity contribution >= 4 is 21.8 Å². The third-order valence-electron chi connectivity index (χ3n) is 7.40. The topological polar surface area (TPSA) is 212 Å². The summed E-state index contributed by atoms with van der Waals surface area (Å²) >= 11 is 0. The molecule has 2 atom stereocenters. The zero-order chi connectivity index (χ0) is 36.1. The molecule has 0 aromatic rings. The van der Waals surface area contributed by atoms with Gasteiger partial charge in [-0.05, 0) is 38.8 Å². The van der Waals surface area contributed by atoms with Crippen LogP contribution in [0.2, 0.25) is 0 Å². The van der Waals surface area contributed by atoms with Gasteiger partial charge in [0, 0.05) is 39.4 Å². The van der Waals surface area contributed by atoms with Crippen molar-refractivity contribution < 1.29 is 87.4 Å². The van der Waals surface area contributed by atoms with Gasteiger partial charge in [-0.3, -0.25) is 4.55 Å². The first kappa shape index (κ1) is 48.5. The largest absolute Gasteiger partial charge is 2.00 e. The minimum Gasteiger partial charge on any atom is -1.00 e. The van der Waals surface area contributed by atoms with E-state index in [0.717, 1.165) is 74.8 Å². The van der Waals surface area contributed by atoms with E-state index in [1.165, 1.54) is 0 Å². The first-order chi connectivity index (χ1) is 23.6. The van der Waals surface area contributed by atoms with E-state index in [2.05, 4.69) is 33.2 Å². The Morgan fingerprint density at radius 3 is 1.59 bits per heavy atom. The Balaban J connectivity index is 0.000000845. The summed E-state index contributed by atoms with van der Waals surface area (Å²) in [7, 11) is -4.92. The number of hydrogen-bond acceptors (Lipinski definition) is 11. The first-order valence-corrected chi connectivity index (χ1v) is 18.1. The second-order valence-corrected chi connectivity index (χ2v) is 11.8. The molecule has 0 aromatic heterocycles. The fraction of sp³-hybridized carbons (Fsp3) is 0.688. The molecule has 2 fully saturated rings. The molecule has 51 heavy (non-hydrogen) atoms. The fourth-order valence-electron chi connectivity index (χ4n) is 5.02. The SMILES string of the molecule is CCCCOC1=CC(=[N+]=[N-])C(OCCCC)C=C1N1CCOCC1.CCOC1=CC(=[N+]=[N-])C(OCC)C=C1N1CCOCC1.O=S(=O)([O-])O.[Cl-].[Zn+2].